The summed E-state index contributed by atoms with van der Waals surface area (Å²) in [6.45, 7) is -0.373. The van der Waals surface area contributed by atoms with Gasteiger partial charge in [0.05, 0.1) is 0 Å². The first kappa shape index (κ1) is 26.6. The molecule has 0 aromatic heterocycles. The Morgan fingerprint density at radius 1 is 0.821 bits per heavy atom. The Balaban J connectivity index is 5.75. The van der Waals surface area contributed by atoms with Crippen LogP contribution >= 0.6 is 15.2 Å². The normalized spacial score (nSPS) is 16.0. The van der Waals surface area contributed by atoms with E-state index in [1.165, 1.54) is 0 Å². The van der Waals surface area contributed by atoms with E-state index in [1.807, 2.05) is 0 Å². The number of aliphatic hydroxyl groups is 1. The van der Waals surface area contributed by atoms with Crippen LogP contribution in [0.4, 0.5) is 0 Å². The van der Waals surface area contributed by atoms with Gasteiger partial charge in [-0.2, -0.15) is 0 Å². The summed E-state index contributed by atoms with van der Waals surface area (Å²) in [5, 5.41) is 36.8. The van der Waals surface area contributed by atoms with Crippen LogP contribution in [0, 0.1) is 0 Å². The zero-order valence-electron chi connectivity index (χ0n) is 14.5. The molecule has 17 heteroatoms. The number of hydrogen-bond donors (Lipinski definition) is 8. The summed E-state index contributed by atoms with van der Waals surface area (Å²) >= 11 is 0. The van der Waals surface area contributed by atoms with Crippen molar-refractivity contribution in [2.75, 3.05) is 25.7 Å². The van der Waals surface area contributed by atoms with Crippen molar-refractivity contribution in [1.29, 1.82) is 0 Å². The molecule has 0 saturated heterocycles. The minimum Gasteiger partial charge on any atom is -0.480 e. The minimum absolute atomic E-state index is 0.524. The topological polar surface area (TPSA) is 254 Å². The zero-order chi connectivity index (χ0) is 22.4. The molecule has 0 amide bonds. The molecule has 15 nitrogen and oxygen atoms in total. The number of aliphatic hydroxyl groups excluding tert-OH is 1. The predicted octanol–water partition coefficient (Wildman–Crippen LogP) is -2.77. The maximum atomic E-state index is 11.4. The first-order chi connectivity index (χ1) is 12.5. The molecule has 3 atom stereocenters. The van der Waals surface area contributed by atoms with Gasteiger partial charge in [-0.05, 0) is 6.92 Å². The summed E-state index contributed by atoms with van der Waals surface area (Å²) in [7, 11) is -9.60. The van der Waals surface area contributed by atoms with Gasteiger partial charge in [-0.15, -0.1) is 0 Å². The first-order valence-electron chi connectivity index (χ1n) is 7.40. The summed E-state index contributed by atoms with van der Waals surface area (Å²) in [6, 6.07) is -3.92. The lowest BCUT2D eigenvalue weighted by Gasteiger charge is -2.35. The van der Waals surface area contributed by atoms with Crippen LogP contribution in [0.5, 0.6) is 0 Å². The lowest BCUT2D eigenvalue weighted by Crippen LogP contribution is -2.58. The van der Waals surface area contributed by atoms with Gasteiger partial charge in [0.2, 0.25) is 0 Å². The molecule has 0 radical (unpaired) electrons. The predicted molar refractivity (Wildman–Crippen MR) is 89.4 cm³/mol. The number of aliphatic carboxylic acids is 3. The van der Waals surface area contributed by atoms with Gasteiger partial charge in [-0.3, -0.25) is 28.5 Å². The van der Waals surface area contributed by atoms with Crippen LogP contribution in [0.25, 0.3) is 0 Å². The Morgan fingerprint density at radius 2 is 1.25 bits per heavy atom. The fraction of sp³-hybridized carbons (Fsp3) is 0.727. The largest absolute Gasteiger partial charge is 0.480 e. The smallest absolute Gasteiger partial charge is 0.339 e. The van der Waals surface area contributed by atoms with Crippen molar-refractivity contribution >= 4 is 33.1 Å². The van der Waals surface area contributed by atoms with Crippen molar-refractivity contribution in [2.45, 2.75) is 25.1 Å². The minimum atomic E-state index is -4.80. The summed E-state index contributed by atoms with van der Waals surface area (Å²) in [6.07, 6.45) is -4.81. The van der Waals surface area contributed by atoms with Crippen LogP contribution in [-0.4, -0.2) is 112 Å². The van der Waals surface area contributed by atoms with E-state index < -0.39 is 76.9 Å². The van der Waals surface area contributed by atoms with Crippen molar-refractivity contribution in [3.05, 3.63) is 0 Å². The van der Waals surface area contributed by atoms with E-state index in [9.17, 15) is 33.7 Å². The molecule has 0 aliphatic heterocycles. The molecule has 0 saturated carbocycles. The van der Waals surface area contributed by atoms with Crippen molar-refractivity contribution in [3.8, 4) is 0 Å². The fourth-order valence-electron chi connectivity index (χ4n) is 2.27. The van der Waals surface area contributed by atoms with E-state index in [0.717, 1.165) is 6.92 Å². The zero-order valence-corrected chi connectivity index (χ0v) is 16.3. The number of rotatable bonds is 13. The van der Waals surface area contributed by atoms with E-state index in [-0.39, 0.29) is 0 Å². The van der Waals surface area contributed by atoms with Crippen molar-refractivity contribution in [2.24, 2.45) is 0 Å². The Morgan fingerprint density at radius 3 is 1.54 bits per heavy atom. The fourth-order valence-corrected chi connectivity index (χ4v) is 3.96. The van der Waals surface area contributed by atoms with Gasteiger partial charge >= 0.3 is 33.1 Å². The van der Waals surface area contributed by atoms with E-state index in [4.69, 9.17) is 29.8 Å². The number of carboxylic acids is 3. The maximum Gasteiger partial charge on any atom is 0.339 e. The highest BCUT2D eigenvalue weighted by atomic mass is 31.2. The lowest BCUT2D eigenvalue weighted by atomic mass is 10.1. The average molecular weight is 452 g/mol. The van der Waals surface area contributed by atoms with Gasteiger partial charge < -0.3 is 40.0 Å². The Bertz CT molecular complexity index is 649. The molecule has 28 heavy (non-hydrogen) atoms. The van der Waals surface area contributed by atoms with Crippen LogP contribution in [0.2, 0.25) is 0 Å². The summed E-state index contributed by atoms with van der Waals surface area (Å²) in [5.74, 6) is -5.45. The molecule has 0 aromatic rings. The van der Waals surface area contributed by atoms with Gasteiger partial charge in [0.15, 0.2) is 6.10 Å². The molecule has 3 unspecified atom stereocenters. The molecule has 0 heterocycles. The van der Waals surface area contributed by atoms with Gasteiger partial charge in [0, 0.05) is 13.1 Å². The van der Waals surface area contributed by atoms with E-state index >= 15 is 0 Å². The van der Waals surface area contributed by atoms with E-state index in [0.29, 0.717) is 9.80 Å². The van der Waals surface area contributed by atoms with Crippen LogP contribution in [0.15, 0.2) is 0 Å². The van der Waals surface area contributed by atoms with Gasteiger partial charge in [0.1, 0.15) is 24.7 Å². The third-order valence-corrected chi connectivity index (χ3v) is 5.00. The third kappa shape index (κ3) is 9.68. The molecule has 0 fully saturated rings. The Labute approximate surface area is 158 Å². The SMILES string of the molecule is CC(C(=O)O)N(CCN(CP(=O)(O)O)CP(=O)(O)O)C(C(=O)O)C(O)C(=O)O. The summed E-state index contributed by atoms with van der Waals surface area (Å²) in [5.41, 5.74) is 0. The molecular weight excluding hydrogens is 430 g/mol. The number of nitrogens with zero attached hydrogens (tertiary/aromatic N) is 2. The third-order valence-electron chi connectivity index (χ3n) is 3.46. The van der Waals surface area contributed by atoms with Gasteiger partial charge in [0.25, 0.3) is 0 Å². The molecule has 8 N–H and O–H groups in total. The van der Waals surface area contributed by atoms with Crippen LogP contribution < -0.4 is 0 Å². The molecule has 164 valence electrons. The molecule has 0 aromatic carbocycles. The number of carboxylic acid groups (broad SMARTS) is 3. The Kier molecular flexibility index (Phi) is 9.87. The maximum absolute atomic E-state index is 11.4. The van der Waals surface area contributed by atoms with Gasteiger partial charge in [-0.25, -0.2) is 4.79 Å². The van der Waals surface area contributed by atoms with Gasteiger partial charge in [-0.1, -0.05) is 0 Å². The quantitative estimate of drug-likeness (QED) is 0.132. The molecule has 0 aliphatic rings. The molecule has 0 aliphatic carbocycles. The second-order valence-corrected chi connectivity index (χ2v) is 9.05. The summed E-state index contributed by atoms with van der Waals surface area (Å²) in [4.78, 5) is 70.7. The number of carbonyl (C=O) groups is 3. The molecule has 0 bridgehead atoms. The van der Waals surface area contributed by atoms with E-state index in [2.05, 4.69) is 0 Å². The second-order valence-electron chi connectivity index (χ2n) is 5.82. The average Bonchev–Trinajstić information content (AvgIpc) is 2.45. The standard InChI is InChI=1S/C11H22N2O13P2/c1-6(9(15)16)13(7(10(17)18)8(14)11(19)20)3-2-12(4-27(21,22)23)5-28(24,25)26/h6-8,14H,2-5H2,1H3,(H,15,16)(H,17,18)(H,19,20)(H2,21,22,23)(H2,24,25,26). The van der Waals surface area contributed by atoms with Crippen LogP contribution in [0.3, 0.4) is 0 Å². The first-order valence-corrected chi connectivity index (χ1v) is 11.0. The van der Waals surface area contributed by atoms with Crippen LogP contribution in [0.1, 0.15) is 6.92 Å². The van der Waals surface area contributed by atoms with E-state index in [1.54, 1.807) is 0 Å². The molecule has 0 rings (SSSR count). The lowest BCUT2D eigenvalue weighted by molar-refractivity contribution is -0.165. The highest BCUT2D eigenvalue weighted by Crippen LogP contribution is 2.40. The van der Waals surface area contributed by atoms with Crippen LogP contribution in [-0.2, 0) is 23.5 Å². The number of hydrogen-bond acceptors (Lipinski definition) is 8. The molecule has 0 spiro atoms. The highest BCUT2D eigenvalue weighted by molar-refractivity contribution is 7.52. The van der Waals surface area contributed by atoms with Crippen molar-refractivity contribution < 1.29 is 63.5 Å². The van der Waals surface area contributed by atoms with Crippen molar-refractivity contribution in [3.63, 3.8) is 0 Å². The second kappa shape index (κ2) is 10.4. The molecular formula is C11H22N2O13P2. The van der Waals surface area contributed by atoms with Crippen molar-refractivity contribution in [1.82, 2.24) is 9.80 Å². The monoisotopic (exact) mass is 452 g/mol. The Hall–Kier alpha value is -1.41. The summed E-state index contributed by atoms with van der Waals surface area (Å²) < 4.78 is 22.3. The highest BCUT2D eigenvalue weighted by Gasteiger charge is 2.41.